The molecule has 1 heterocycles. The number of rotatable bonds is 8. The van der Waals surface area contributed by atoms with Crippen molar-refractivity contribution in [2.24, 2.45) is 5.73 Å². The van der Waals surface area contributed by atoms with E-state index >= 15 is 0 Å². The molecule has 11 heteroatoms. The number of likely N-dealkylation sites (tertiary alicyclic amines) is 1. The van der Waals surface area contributed by atoms with Gasteiger partial charge in [-0.2, -0.15) is 12.6 Å². The topological polar surface area (TPSA) is 162 Å². The molecule has 0 spiro atoms. The molecule has 0 bridgehead atoms. The van der Waals surface area contributed by atoms with Crippen LogP contribution in [0.25, 0.3) is 0 Å². The van der Waals surface area contributed by atoms with Crippen LogP contribution in [0.2, 0.25) is 0 Å². The van der Waals surface area contributed by atoms with E-state index in [1.54, 1.807) is 0 Å². The lowest BCUT2D eigenvalue weighted by atomic mass is 10.2. The summed E-state index contributed by atoms with van der Waals surface area (Å²) in [5, 5.41) is 22.0. The van der Waals surface area contributed by atoms with Crippen LogP contribution < -0.4 is 16.4 Å². The molecule has 3 amide bonds. The fourth-order valence-corrected chi connectivity index (χ4v) is 2.47. The largest absolute Gasteiger partial charge is 0.480 e. The van der Waals surface area contributed by atoms with Crippen LogP contribution in [0.4, 0.5) is 0 Å². The van der Waals surface area contributed by atoms with E-state index in [0.717, 1.165) is 0 Å². The van der Waals surface area contributed by atoms with Gasteiger partial charge in [0.25, 0.3) is 0 Å². The first-order chi connectivity index (χ1) is 11.3. The number of nitrogens with zero attached hydrogens (tertiary/aromatic N) is 1. The maximum atomic E-state index is 12.2. The number of nitrogens with one attached hydrogen (secondary N) is 2. The number of hydrogen-bond acceptors (Lipinski definition) is 7. The average Bonchev–Trinajstić information content (AvgIpc) is 3.05. The molecule has 1 aliphatic rings. The van der Waals surface area contributed by atoms with Gasteiger partial charge in [-0.05, 0) is 12.8 Å². The fourth-order valence-electron chi connectivity index (χ4n) is 2.31. The molecule has 0 aromatic rings. The SMILES string of the molecule is NC(CS)C(=O)N1CCCC1C(=O)NCC(=O)NC(CO)C(=O)O. The van der Waals surface area contributed by atoms with Crippen molar-refractivity contribution in [2.45, 2.75) is 31.0 Å². The lowest BCUT2D eigenvalue weighted by molar-refractivity contribution is -0.143. The van der Waals surface area contributed by atoms with E-state index in [9.17, 15) is 19.2 Å². The summed E-state index contributed by atoms with van der Waals surface area (Å²) in [4.78, 5) is 47.9. The number of hydrogen-bond donors (Lipinski definition) is 6. The number of carboxylic acid groups (broad SMARTS) is 1. The molecule has 1 aliphatic heterocycles. The summed E-state index contributed by atoms with van der Waals surface area (Å²) in [6, 6.07) is -2.96. The minimum absolute atomic E-state index is 0.157. The fraction of sp³-hybridized carbons (Fsp3) is 0.692. The van der Waals surface area contributed by atoms with E-state index in [1.807, 2.05) is 0 Å². The van der Waals surface area contributed by atoms with Gasteiger partial charge in [0.1, 0.15) is 12.1 Å². The van der Waals surface area contributed by atoms with Gasteiger partial charge in [0, 0.05) is 12.3 Å². The molecule has 0 aromatic heterocycles. The lowest BCUT2D eigenvalue weighted by Gasteiger charge is -2.26. The number of nitrogens with two attached hydrogens (primary N) is 1. The Bertz CT molecular complexity index is 503. The molecule has 10 nitrogen and oxygen atoms in total. The average molecular weight is 362 g/mol. The predicted molar refractivity (Wildman–Crippen MR) is 86.2 cm³/mol. The third kappa shape index (κ3) is 5.35. The first-order valence-electron chi connectivity index (χ1n) is 7.39. The summed E-state index contributed by atoms with van der Waals surface area (Å²) in [5.41, 5.74) is 5.64. The maximum Gasteiger partial charge on any atom is 0.328 e. The second-order valence-corrected chi connectivity index (χ2v) is 5.70. The van der Waals surface area contributed by atoms with E-state index in [1.165, 1.54) is 4.90 Å². The van der Waals surface area contributed by atoms with Gasteiger partial charge >= 0.3 is 5.97 Å². The quantitative estimate of drug-likeness (QED) is 0.249. The van der Waals surface area contributed by atoms with Crippen molar-refractivity contribution >= 4 is 36.3 Å². The highest BCUT2D eigenvalue weighted by molar-refractivity contribution is 7.80. The summed E-state index contributed by atoms with van der Waals surface area (Å²) >= 11 is 3.96. The number of thiol groups is 1. The number of aliphatic hydroxyl groups is 1. The summed E-state index contributed by atoms with van der Waals surface area (Å²) < 4.78 is 0. The molecule has 1 fully saturated rings. The Kier molecular flexibility index (Phi) is 7.95. The van der Waals surface area contributed by atoms with Crippen molar-refractivity contribution in [2.75, 3.05) is 25.4 Å². The minimum atomic E-state index is -1.44. The Morgan fingerprint density at radius 2 is 2.00 bits per heavy atom. The van der Waals surface area contributed by atoms with Crippen molar-refractivity contribution in [1.29, 1.82) is 0 Å². The zero-order valence-electron chi connectivity index (χ0n) is 13.0. The molecular weight excluding hydrogens is 340 g/mol. The van der Waals surface area contributed by atoms with E-state index in [4.69, 9.17) is 15.9 Å². The number of aliphatic carboxylic acids is 1. The van der Waals surface area contributed by atoms with E-state index in [-0.39, 0.29) is 11.7 Å². The monoisotopic (exact) mass is 362 g/mol. The summed E-state index contributed by atoms with van der Waals surface area (Å²) in [5.74, 6) is -2.88. The molecular formula is C13H22N4O6S. The van der Waals surface area contributed by atoms with Crippen LogP contribution >= 0.6 is 12.6 Å². The molecule has 1 saturated heterocycles. The summed E-state index contributed by atoms with van der Waals surface area (Å²) in [6.07, 6.45) is 1.09. The van der Waals surface area contributed by atoms with E-state index in [2.05, 4.69) is 23.3 Å². The Morgan fingerprint density at radius 3 is 2.54 bits per heavy atom. The zero-order chi connectivity index (χ0) is 18.3. The van der Waals surface area contributed by atoms with Crippen molar-refractivity contribution < 1.29 is 29.4 Å². The molecule has 0 aromatic carbocycles. The van der Waals surface area contributed by atoms with Crippen LogP contribution in [-0.4, -0.2) is 82.4 Å². The predicted octanol–water partition coefficient (Wildman–Crippen LogP) is -3.09. The first-order valence-corrected chi connectivity index (χ1v) is 8.02. The Hall–Kier alpha value is -1.85. The number of aliphatic hydroxyl groups excluding tert-OH is 1. The Balaban J connectivity index is 2.53. The summed E-state index contributed by atoms with van der Waals surface area (Å²) in [6.45, 7) is -0.822. The molecule has 0 saturated carbocycles. The zero-order valence-corrected chi connectivity index (χ0v) is 13.9. The number of carboxylic acids is 1. The number of carbonyl (C=O) groups is 4. The first kappa shape index (κ1) is 20.2. The van der Waals surface area contributed by atoms with Crippen LogP contribution in [0.1, 0.15) is 12.8 Å². The third-order valence-electron chi connectivity index (χ3n) is 3.59. The number of amides is 3. The van der Waals surface area contributed by atoms with Crippen molar-refractivity contribution in [3.63, 3.8) is 0 Å². The third-order valence-corrected chi connectivity index (χ3v) is 3.98. The van der Waals surface area contributed by atoms with Crippen molar-refractivity contribution in [3.8, 4) is 0 Å². The van der Waals surface area contributed by atoms with Gasteiger partial charge in [-0.25, -0.2) is 4.79 Å². The molecule has 24 heavy (non-hydrogen) atoms. The highest BCUT2D eigenvalue weighted by Crippen LogP contribution is 2.18. The second-order valence-electron chi connectivity index (χ2n) is 5.34. The van der Waals surface area contributed by atoms with Gasteiger partial charge in [0.05, 0.1) is 19.2 Å². The standard InChI is InChI=1S/C13H22N4O6S/c14-7(6-24)12(21)17-3-1-2-9(17)11(20)15-4-10(19)16-8(5-18)13(22)23/h7-9,18,24H,1-6,14H2,(H,15,20)(H,16,19)(H,22,23). The molecule has 3 unspecified atom stereocenters. The molecule has 3 atom stereocenters. The molecule has 0 aliphatic carbocycles. The van der Waals surface area contributed by atoms with Gasteiger partial charge in [0.15, 0.2) is 0 Å². The van der Waals surface area contributed by atoms with E-state index in [0.29, 0.717) is 19.4 Å². The summed E-state index contributed by atoms with van der Waals surface area (Å²) in [7, 11) is 0. The molecule has 0 radical (unpaired) electrons. The van der Waals surface area contributed by atoms with Gasteiger partial charge in [-0.3, -0.25) is 14.4 Å². The van der Waals surface area contributed by atoms with Gasteiger partial charge in [-0.15, -0.1) is 0 Å². The Labute approximate surface area is 144 Å². The van der Waals surface area contributed by atoms with Crippen molar-refractivity contribution in [1.82, 2.24) is 15.5 Å². The van der Waals surface area contributed by atoms with Gasteiger partial charge < -0.3 is 31.5 Å². The number of carbonyl (C=O) groups excluding carboxylic acids is 3. The van der Waals surface area contributed by atoms with Crippen LogP contribution in [0, 0.1) is 0 Å². The van der Waals surface area contributed by atoms with E-state index < -0.39 is 49.1 Å². The highest BCUT2D eigenvalue weighted by Gasteiger charge is 2.35. The Morgan fingerprint density at radius 1 is 1.33 bits per heavy atom. The maximum absolute atomic E-state index is 12.2. The van der Waals surface area contributed by atoms with Crippen LogP contribution in [0.5, 0.6) is 0 Å². The van der Waals surface area contributed by atoms with Gasteiger partial charge in [-0.1, -0.05) is 0 Å². The highest BCUT2D eigenvalue weighted by atomic mass is 32.1. The normalized spacial score (nSPS) is 19.5. The van der Waals surface area contributed by atoms with Crippen LogP contribution in [0.3, 0.4) is 0 Å². The molecule has 136 valence electrons. The van der Waals surface area contributed by atoms with Crippen LogP contribution in [-0.2, 0) is 19.2 Å². The van der Waals surface area contributed by atoms with Crippen molar-refractivity contribution in [3.05, 3.63) is 0 Å². The lowest BCUT2D eigenvalue weighted by Crippen LogP contribution is -2.53. The second kappa shape index (κ2) is 9.45. The minimum Gasteiger partial charge on any atom is -0.480 e. The van der Waals surface area contributed by atoms with Gasteiger partial charge in [0.2, 0.25) is 17.7 Å². The molecule has 1 rings (SSSR count). The molecule has 6 N–H and O–H groups in total. The smallest absolute Gasteiger partial charge is 0.328 e. The van der Waals surface area contributed by atoms with Crippen LogP contribution in [0.15, 0.2) is 0 Å².